The van der Waals surface area contributed by atoms with E-state index in [2.05, 4.69) is 10.2 Å². The maximum absolute atomic E-state index is 12.9. The molecule has 1 N–H and O–H groups in total. The van der Waals surface area contributed by atoms with Crippen molar-refractivity contribution < 1.29 is 27.4 Å². The van der Waals surface area contributed by atoms with Crippen molar-refractivity contribution in [1.82, 2.24) is 10.2 Å². The van der Waals surface area contributed by atoms with Crippen LogP contribution in [0, 0.1) is 11.3 Å². The molecule has 8 heteroatoms. The molecule has 34 heavy (non-hydrogen) atoms. The average Bonchev–Trinajstić information content (AvgIpc) is 2.81. The normalized spacial score (nSPS) is 27.4. The second-order valence-corrected chi connectivity index (χ2v) is 10.3. The van der Waals surface area contributed by atoms with Crippen LogP contribution in [0.3, 0.4) is 0 Å². The number of ether oxygens (including phenoxy) is 2. The summed E-state index contributed by atoms with van der Waals surface area (Å²) in [6.07, 6.45) is -2.74. The van der Waals surface area contributed by atoms with Gasteiger partial charge in [-0.2, -0.15) is 13.2 Å². The Bertz CT molecular complexity index is 1060. The highest BCUT2D eigenvalue weighted by Crippen LogP contribution is 2.44. The zero-order chi connectivity index (χ0) is 24.1. The Hall–Kier alpha value is -2.74. The van der Waals surface area contributed by atoms with Gasteiger partial charge in [0.05, 0.1) is 18.2 Å². The number of piperidine rings is 3. The van der Waals surface area contributed by atoms with Crippen molar-refractivity contribution in [1.29, 1.82) is 0 Å². The van der Waals surface area contributed by atoms with Gasteiger partial charge in [-0.1, -0.05) is 38.1 Å². The maximum Gasteiger partial charge on any atom is 0.416 e. The summed E-state index contributed by atoms with van der Waals surface area (Å²) < 4.78 is 50.5. The lowest BCUT2D eigenvalue weighted by molar-refractivity contribution is -0.137. The molecule has 5 nitrogen and oxygen atoms in total. The third kappa shape index (κ3) is 4.48. The summed E-state index contributed by atoms with van der Waals surface area (Å²) in [5, 5.41) is 3.07. The topological polar surface area (TPSA) is 50.8 Å². The largest absolute Gasteiger partial charge is 0.493 e. The molecule has 0 aromatic heterocycles. The van der Waals surface area contributed by atoms with Gasteiger partial charge in [-0.3, -0.25) is 4.90 Å². The quantitative estimate of drug-likeness (QED) is 0.625. The number of halogens is 3. The molecule has 3 fully saturated rings. The number of rotatable bonds is 3. The van der Waals surface area contributed by atoms with Gasteiger partial charge in [0.1, 0.15) is 11.9 Å². The smallest absolute Gasteiger partial charge is 0.416 e. The van der Waals surface area contributed by atoms with E-state index in [1.54, 1.807) is 0 Å². The number of nitrogens with one attached hydrogen (secondary N) is 1. The molecule has 2 aromatic carbocycles. The second-order valence-electron chi connectivity index (χ2n) is 10.3. The van der Waals surface area contributed by atoms with Gasteiger partial charge in [-0.15, -0.1) is 0 Å². The van der Waals surface area contributed by atoms with E-state index < -0.39 is 17.8 Å². The number of amides is 1. The van der Waals surface area contributed by atoms with Crippen molar-refractivity contribution in [3.8, 4) is 16.9 Å². The van der Waals surface area contributed by atoms with Crippen LogP contribution in [-0.2, 0) is 10.9 Å². The van der Waals surface area contributed by atoms with Crippen LogP contribution in [0.2, 0.25) is 0 Å². The molecule has 0 saturated carbocycles. The minimum Gasteiger partial charge on any atom is -0.493 e. The standard InChI is InChI=1S/C26H29F3N2O3/c1-25(2)15-33-21-13-18(16-3-6-19(7-4-16)26(27,28)29)5-8-20(21)23(25)30-24(32)34-22-14-31-11-9-17(22)10-12-31/h3-8,13,17,22-23H,9-12,14-15H2,1-2H3,(H,30,32)/t22-,23?/m1/s1. The molecule has 0 radical (unpaired) electrons. The predicted octanol–water partition coefficient (Wildman–Crippen LogP) is 5.65. The Morgan fingerprint density at radius 3 is 2.38 bits per heavy atom. The van der Waals surface area contributed by atoms with Crippen LogP contribution in [0.15, 0.2) is 42.5 Å². The third-order valence-electron chi connectivity index (χ3n) is 7.37. The monoisotopic (exact) mass is 474 g/mol. The summed E-state index contributed by atoms with van der Waals surface area (Å²) in [5.41, 5.74) is 1.20. The molecule has 2 atom stereocenters. The van der Waals surface area contributed by atoms with E-state index in [4.69, 9.17) is 9.47 Å². The first kappa shape index (κ1) is 23.0. The predicted molar refractivity (Wildman–Crippen MR) is 121 cm³/mol. The van der Waals surface area contributed by atoms with Gasteiger partial charge in [0.25, 0.3) is 0 Å². The number of hydrogen-bond acceptors (Lipinski definition) is 4. The molecule has 1 amide bonds. The highest BCUT2D eigenvalue weighted by molar-refractivity contribution is 5.70. The molecule has 4 heterocycles. The molecule has 6 rings (SSSR count). The fourth-order valence-electron chi connectivity index (χ4n) is 5.30. The van der Waals surface area contributed by atoms with E-state index in [9.17, 15) is 18.0 Å². The van der Waals surface area contributed by atoms with Crippen molar-refractivity contribution in [2.75, 3.05) is 26.2 Å². The van der Waals surface area contributed by atoms with Gasteiger partial charge < -0.3 is 14.8 Å². The molecule has 0 spiro atoms. The van der Waals surface area contributed by atoms with Gasteiger partial charge in [0, 0.05) is 17.5 Å². The van der Waals surface area contributed by atoms with E-state index in [0.29, 0.717) is 23.8 Å². The van der Waals surface area contributed by atoms with Crippen LogP contribution >= 0.6 is 0 Å². The van der Waals surface area contributed by atoms with Crippen LogP contribution in [0.25, 0.3) is 11.1 Å². The van der Waals surface area contributed by atoms with Crippen molar-refractivity contribution in [3.05, 3.63) is 53.6 Å². The highest BCUT2D eigenvalue weighted by atomic mass is 19.4. The summed E-state index contributed by atoms with van der Waals surface area (Å²) in [5.74, 6) is 1.04. The van der Waals surface area contributed by atoms with Crippen LogP contribution in [0.5, 0.6) is 5.75 Å². The van der Waals surface area contributed by atoms with Crippen molar-refractivity contribution in [2.24, 2.45) is 11.3 Å². The maximum atomic E-state index is 12.9. The first-order chi connectivity index (χ1) is 16.1. The number of benzene rings is 2. The fraction of sp³-hybridized carbons (Fsp3) is 0.500. The molecule has 2 aromatic rings. The van der Waals surface area contributed by atoms with E-state index >= 15 is 0 Å². The Kier molecular flexibility index (Phi) is 5.74. The zero-order valence-electron chi connectivity index (χ0n) is 19.3. The molecule has 3 saturated heterocycles. The van der Waals surface area contributed by atoms with Gasteiger partial charge in [-0.05, 0) is 61.2 Å². The summed E-state index contributed by atoms with van der Waals surface area (Å²) in [4.78, 5) is 15.2. The Balaban J connectivity index is 1.34. The van der Waals surface area contributed by atoms with Crippen LogP contribution < -0.4 is 10.1 Å². The van der Waals surface area contributed by atoms with Gasteiger partial charge in [0.15, 0.2) is 0 Å². The third-order valence-corrected chi connectivity index (χ3v) is 7.37. The van der Waals surface area contributed by atoms with Gasteiger partial charge in [-0.25, -0.2) is 4.79 Å². The van der Waals surface area contributed by atoms with Crippen molar-refractivity contribution in [3.63, 3.8) is 0 Å². The molecular weight excluding hydrogens is 445 g/mol. The number of fused-ring (bicyclic) bond motifs is 4. The Labute approximate surface area is 197 Å². The SMILES string of the molecule is CC1(C)COc2cc(-c3ccc(C(F)(F)F)cc3)ccc2C1NC(=O)O[C@@H]1CN2CCC1CC2. The average molecular weight is 475 g/mol. The molecule has 1 unspecified atom stereocenters. The number of carbonyl (C=O) groups is 1. The lowest BCUT2D eigenvalue weighted by Crippen LogP contribution is -2.53. The van der Waals surface area contributed by atoms with Crippen LogP contribution in [0.4, 0.5) is 18.0 Å². The molecule has 4 aliphatic rings. The van der Waals surface area contributed by atoms with Crippen molar-refractivity contribution >= 4 is 6.09 Å². The Morgan fingerprint density at radius 1 is 1.09 bits per heavy atom. The first-order valence-corrected chi connectivity index (χ1v) is 11.7. The minimum absolute atomic E-state index is 0.0769. The first-order valence-electron chi connectivity index (χ1n) is 11.7. The molecule has 182 valence electrons. The summed E-state index contributed by atoms with van der Waals surface area (Å²) in [6, 6.07) is 10.3. The molecule has 0 aliphatic carbocycles. The number of alkyl carbamates (subject to hydrolysis) is 1. The molecule has 2 bridgehead atoms. The van der Waals surface area contributed by atoms with E-state index in [-0.39, 0.29) is 17.6 Å². The van der Waals surface area contributed by atoms with E-state index in [0.717, 1.165) is 55.7 Å². The van der Waals surface area contributed by atoms with E-state index in [1.807, 2.05) is 32.0 Å². The van der Waals surface area contributed by atoms with E-state index in [1.165, 1.54) is 12.1 Å². The summed E-state index contributed by atoms with van der Waals surface area (Å²) in [6.45, 7) is 7.39. The highest BCUT2D eigenvalue weighted by Gasteiger charge is 2.41. The van der Waals surface area contributed by atoms with Crippen LogP contribution in [-0.4, -0.2) is 43.3 Å². The molecule has 4 aliphatic heterocycles. The van der Waals surface area contributed by atoms with Crippen LogP contribution in [0.1, 0.15) is 43.9 Å². The lowest BCUT2D eigenvalue weighted by Gasteiger charge is -2.44. The number of hydrogen-bond donors (Lipinski definition) is 1. The van der Waals surface area contributed by atoms with Gasteiger partial charge in [0.2, 0.25) is 0 Å². The summed E-state index contributed by atoms with van der Waals surface area (Å²) >= 11 is 0. The number of carbonyl (C=O) groups excluding carboxylic acids is 1. The Morgan fingerprint density at radius 2 is 1.76 bits per heavy atom. The number of nitrogens with zero attached hydrogens (tertiary/aromatic N) is 1. The van der Waals surface area contributed by atoms with Gasteiger partial charge >= 0.3 is 12.3 Å². The summed E-state index contributed by atoms with van der Waals surface area (Å²) in [7, 11) is 0. The minimum atomic E-state index is -4.37. The van der Waals surface area contributed by atoms with Crippen molar-refractivity contribution in [2.45, 2.75) is 45.0 Å². The zero-order valence-corrected chi connectivity index (χ0v) is 19.3. The lowest BCUT2D eigenvalue weighted by atomic mass is 9.78. The number of alkyl halides is 3. The fourth-order valence-corrected chi connectivity index (χ4v) is 5.30. The second kappa shape index (κ2) is 8.48. The molecular formula is C26H29F3N2O3.